The lowest BCUT2D eigenvalue weighted by Crippen LogP contribution is -2.54. The minimum atomic E-state index is -2.82. The van der Waals surface area contributed by atoms with E-state index in [0.29, 0.717) is 101 Å². The Morgan fingerprint density at radius 2 is 1.15 bits per heavy atom. The Hall–Kier alpha value is -4.18. The van der Waals surface area contributed by atoms with Crippen molar-refractivity contribution in [1.29, 1.82) is 0 Å². The number of Topliss-reactive ketones (excluding diaryl/α,β-unsaturated/α-hetero) is 1. The van der Waals surface area contributed by atoms with E-state index >= 15 is 0 Å². The summed E-state index contributed by atoms with van der Waals surface area (Å²) in [6, 6.07) is 12.8. The molecule has 7 atom stereocenters. The van der Waals surface area contributed by atoms with Crippen molar-refractivity contribution in [2.75, 3.05) is 0 Å². The van der Waals surface area contributed by atoms with Crippen molar-refractivity contribution in [3.8, 4) is 22.5 Å². The number of nitrogens with zero attached hydrogens (tertiary/aromatic N) is 4. The average molecular weight is 1090 g/mol. The van der Waals surface area contributed by atoms with E-state index in [2.05, 4.69) is 20.1 Å². The van der Waals surface area contributed by atoms with Gasteiger partial charge in [-0.3, -0.25) is 4.79 Å². The molecule has 6 saturated carbocycles. The molecule has 0 saturated heterocycles. The number of hydrogen-bond donors (Lipinski definition) is 1. The van der Waals surface area contributed by atoms with Crippen LogP contribution in [-0.4, -0.2) is 50.2 Å². The first-order valence-electron chi connectivity index (χ1n) is 24.0. The van der Waals surface area contributed by atoms with E-state index in [0.717, 1.165) is 43.1 Å². The van der Waals surface area contributed by atoms with Gasteiger partial charge in [-0.2, -0.15) is 0 Å². The number of aromatic nitrogens is 3. The number of hydrogen-bond acceptors (Lipinski definition) is 10. The van der Waals surface area contributed by atoms with Gasteiger partial charge in [0.05, 0.1) is 39.9 Å². The van der Waals surface area contributed by atoms with E-state index in [1.54, 1.807) is 36.4 Å². The first-order valence-corrected chi connectivity index (χ1v) is 26.3. The number of halogens is 9. The first-order chi connectivity index (χ1) is 34.5. The number of carbonyl (C=O) groups is 1. The number of carbonyl (C=O) groups excluding carboxylic acids is 1. The van der Waals surface area contributed by atoms with E-state index in [1.807, 2.05) is 0 Å². The van der Waals surface area contributed by atoms with Crippen LogP contribution < -0.4 is 0 Å². The van der Waals surface area contributed by atoms with Gasteiger partial charge in [0.2, 0.25) is 0 Å². The fourth-order valence-corrected chi connectivity index (χ4v) is 14.2. The average Bonchev–Trinajstić information content (AvgIpc) is 4.22. The van der Waals surface area contributed by atoms with Crippen molar-refractivity contribution in [2.45, 2.75) is 132 Å². The van der Waals surface area contributed by atoms with Gasteiger partial charge in [0.1, 0.15) is 61.8 Å². The van der Waals surface area contributed by atoms with Crippen molar-refractivity contribution in [2.24, 2.45) is 23.7 Å². The smallest absolute Gasteiger partial charge is 0.267 e. The SMILES string of the molecule is O=C1[C@@H]2CC[C@H]1CC(OCc1c(-c3c(Cl)cccc3Cl)noc1C1CC1)(C(F)F)C2.[C-]#[N+]c1cc(F)c2nc(C3(O)[C@@H]4CC[C@H]3CC(OCc3c(-c5c(Cl)cccc5Cl)noc3C3CC3)(C(F)F)C4)sc2c1. The lowest BCUT2D eigenvalue weighted by molar-refractivity contribution is -0.215. The Labute approximate surface area is 434 Å². The molecular formula is C52H45Cl4F5N4O6S. The Morgan fingerprint density at radius 3 is 1.58 bits per heavy atom. The summed E-state index contributed by atoms with van der Waals surface area (Å²) in [6.45, 7) is 6.95. The molecule has 0 aliphatic heterocycles. The number of benzene rings is 3. The highest BCUT2D eigenvalue weighted by molar-refractivity contribution is 7.18. The highest BCUT2D eigenvalue weighted by atomic mass is 35.5. The van der Waals surface area contributed by atoms with Gasteiger partial charge in [-0.15, -0.1) is 11.3 Å². The third-order valence-corrected chi connectivity index (χ3v) is 18.2. The molecule has 72 heavy (non-hydrogen) atoms. The van der Waals surface area contributed by atoms with Crippen molar-refractivity contribution < 1.29 is 50.4 Å². The zero-order chi connectivity index (χ0) is 50.4. The summed E-state index contributed by atoms with van der Waals surface area (Å²) < 4.78 is 97.0. The van der Waals surface area contributed by atoms with Crippen molar-refractivity contribution in [3.05, 3.63) is 114 Å². The maximum atomic E-state index is 15.0. The molecule has 0 spiro atoms. The van der Waals surface area contributed by atoms with E-state index in [-0.39, 0.29) is 79.6 Å². The van der Waals surface area contributed by atoms with Crippen LogP contribution in [0.5, 0.6) is 0 Å². The summed E-state index contributed by atoms with van der Waals surface area (Å²) in [7, 11) is 0. The van der Waals surface area contributed by atoms with Gasteiger partial charge < -0.3 is 23.6 Å². The van der Waals surface area contributed by atoms with Crippen LogP contribution in [0.2, 0.25) is 20.1 Å². The fraction of sp³-hybridized carbons (Fsp3) is 0.481. The molecule has 6 aliphatic rings. The quantitative estimate of drug-likeness (QED) is 0.0889. The molecule has 6 aromatic rings. The summed E-state index contributed by atoms with van der Waals surface area (Å²) in [6.07, 6.45) is 0.477. The van der Waals surface area contributed by atoms with Gasteiger partial charge in [-0.25, -0.2) is 31.8 Å². The molecule has 1 N–H and O–H groups in total. The van der Waals surface area contributed by atoms with E-state index < -0.39 is 47.3 Å². The van der Waals surface area contributed by atoms with Gasteiger partial charge >= 0.3 is 0 Å². The maximum absolute atomic E-state index is 15.0. The van der Waals surface area contributed by atoms with Gasteiger partial charge in [-0.1, -0.05) is 68.8 Å². The van der Waals surface area contributed by atoms with Crippen LogP contribution in [0.25, 0.3) is 37.6 Å². The van der Waals surface area contributed by atoms with E-state index in [9.17, 15) is 31.9 Å². The van der Waals surface area contributed by atoms with Crippen LogP contribution >= 0.6 is 57.7 Å². The molecule has 4 bridgehead atoms. The Balaban J connectivity index is 0.000000165. The van der Waals surface area contributed by atoms with Crippen LogP contribution in [0.15, 0.2) is 57.6 Å². The molecule has 3 unspecified atom stereocenters. The molecule has 0 radical (unpaired) electrons. The zero-order valence-electron chi connectivity index (χ0n) is 38.2. The van der Waals surface area contributed by atoms with E-state index in [4.69, 9.17) is 71.5 Å². The third-order valence-electron chi connectivity index (χ3n) is 15.8. The van der Waals surface area contributed by atoms with Gasteiger partial charge in [0, 0.05) is 50.6 Å². The third kappa shape index (κ3) is 8.75. The predicted octanol–water partition coefficient (Wildman–Crippen LogP) is 15.5. The van der Waals surface area contributed by atoms with Crippen LogP contribution in [0, 0.1) is 36.1 Å². The number of rotatable bonds is 13. The molecule has 378 valence electrons. The highest BCUT2D eigenvalue weighted by Crippen LogP contribution is 2.61. The molecule has 20 heteroatoms. The summed E-state index contributed by atoms with van der Waals surface area (Å²) in [5.74, 6) is -0.761. The number of ketones is 1. The van der Waals surface area contributed by atoms with Crippen molar-refractivity contribution in [1.82, 2.24) is 15.3 Å². The largest absolute Gasteiger partial charge is 0.382 e. The highest BCUT2D eigenvalue weighted by Gasteiger charge is 2.63. The Bertz CT molecular complexity index is 3060. The standard InChI is InChI=1S/C30H24Cl2F3N3O3S.C22H21Cl2F2NO3/c1-36-17-9-21(33)25-22(10-17)42-28(37-25)30(39)15-7-8-16(30)12-29(11-15,27(34)35)40-13-18-24(38-41-26(18)14-5-6-14)23-19(31)3-2-4-20(23)32;23-15-2-1-3-16(24)17(15)18-14(20(30-27-18)11-4-5-11)10-29-22(21(25)26)8-12-6-7-13(9-22)19(12)28/h2-4,9-10,14-16,27,39H,5-8,11-13H2;1-3,11-13,21H,4-10H2/t15-,16+,29?,30?;12-,13+,22?. The van der Waals surface area contributed by atoms with Crippen molar-refractivity contribution >= 4 is 79.4 Å². The Morgan fingerprint density at radius 1 is 0.708 bits per heavy atom. The molecule has 3 aromatic heterocycles. The molecule has 6 fully saturated rings. The minimum absolute atomic E-state index is 0.0617. The van der Waals surface area contributed by atoms with Crippen LogP contribution in [0.3, 0.4) is 0 Å². The summed E-state index contributed by atoms with van der Waals surface area (Å²) in [5, 5.41) is 22.3. The van der Waals surface area contributed by atoms with Crippen molar-refractivity contribution in [3.63, 3.8) is 0 Å². The topological polar surface area (TPSA) is 125 Å². The minimum Gasteiger partial charge on any atom is -0.382 e. The maximum Gasteiger partial charge on any atom is 0.267 e. The lowest BCUT2D eigenvalue weighted by Gasteiger charge is -2.47. The molecule has 3 heterocycles. The molecule has 6 aliphatic carbocycles. The number of alkyl halides is 4. The van der Waals surface area contributed by atoms with Gasteiger partial charge in [0.15, 0.2) is 5.69 Å². The fourth-order valence-electron chi connectivity index (χ4n) is 11.8. The molecule has 12 rings (SSSR count). The number of aliphatic hydroxyl groups is 1. The van der Waals surface area contributed by atoms with Crippen LogP contribution in [-0.2, 0) is 33.1 Å². The predicted molar refractivity (Wildman–Crippen MR) is 261 cm³/mol. The molecule has 0 amide bonds. The molecule has 3 aromatic carbocycles. The Kier molecular flexibility index (Phi) is 13.3. The second-order valence-electron chi connectivity index (χ2n) is 20.2. The van der Waals surface area contributed by atoms with Gasteiger partial charge in [-0.05, 0) is 125 Å². The number of fused-ring (bicyclic) bond motifs is 5. The second kappa shape index (κ2) is 19.2. The molecular weight excluding hydrogens is 1050 g/mol. The lowest BCUT2D eigenvalue weighted by atomic mass is 9.68. The zero-order valence-corrected chi connectivity index (χ0v) is 42.1. The number of thiazole rings is 1. The summed E-state index contributed by atoms with van der Waals surface area (Å²) >= 11 is 26.8. The normalized spacial score (nSPS) is 27.7. The summed E-state index contributed by atoms with van der Waals surface area (Å²) in [5.41, 5.74) is -1.77. The second-order valence-corrected chi connectivity index (χ2v) is 22.8. The monoisotopic (exact) mass is 1090 g/mol. The van der Waals surface area contributed by atoms with E-state index in [1.165, 1.54) is 6.07 Å². The number of ether oxygens (including phenoxy) is 2. The first kappa shape index (κ1) is 50.0. The van der Waals surface area contributed by atoms with Crippen LogP contribution in [0.1, 0.15) is 117 Å². The van der Waals surface area contributed by atoms with Gasteiger partial charge in [0.25, 0.3) is 12.9 Å². The molecule has 10 nitrogen and oxygen atoms in total. The summed E-state index contributed by atoms with van der Waals surface area (Å²) in [4.78, 5) is 20.0. The van der Waals surface area contributed by atoms with Crippen LogP contribution in [0.4, 0.5) is 27.6 Å².